The third-order valence-corrected chi connectivity index (χ3v) is 3.63. The van der Waals surface area contributed by atoms with E-state index in [4.69, 9.17) is 4.74 Å². The highest BCUT2D eigenvalue weighted by Crippen LogP contribution is 2.23. The minimum atomic E-state index is 0.227. The summed E-state index contributed by atoms with van der Waals surface area (Å²) >= 11 is 0. The van der Waals surface area contributed by atoms with Crippen molar-refractivity contribution in [2.24, 2.45) is 0 Å². The molecular weight excluding hydrogens is 242 g/mol. The quantitative estimate of drug-likeness (QED) is 0.622. The minimum Gasteiger partial charge on any atom is -0.383 e. The Morgan fingerprint density at radius 2 is 1.95 bits per heavy atom. The van der Waals surface area contributed by atoms with Crippen LogP contribution >= 0.6 is 0 Å². The molecule has 1 saturated carbocycles. The first-order valence-electron chi connectivity index (χ1n) is 7.29. The molecule has 5 nitrogen and oxygen atoms in total. The molecular formula is C14H29N3O2. The summed E-state index contributed by atoms with van der Waals surface area (Å²) in [6.07, 6.45) is 4.84. The van der Waals surface area contributed by atoms with E-state index in [2.05, 4.69) is 15.1 Å². The number of rotatable bonds is 9. The van der Waals surface area contributed by atoms with Crippen molar-refractivity contribution in [3.05, 3.63) is 0 Å². The molecule has 0 radical (unpaired) electrons. The van der Waals surface area contributed by atoms with E-state index in [1.165, 1.54) is 12.8 Å². The van der Waals surface area contributed by atoms with Crippen molar-refractivity contribution in [3.63, 3.8) is 0 Å². The molecule has 5 heteroatoms. The van der Waals surface area contributed by atoms with Crippen LogP contribution in [-0.2, 0) is 9.53 Å². The Hall–Kier alpha value is -0.650. The fourth-order valence-corrected chi connectivity index (χ4v) is 2.51. The lowest BCUT2D eigenvalue weighted by atomic mass is 10.2. The molecule has 0 aromatic heterocycles. The van der Waals surface area contributed by atoms with Crippen LogP contribution in [0.5, 0.6) is 0 Å². The standard InChI is InChI=1S/C14H29N3O2/c1-16(2)9-10-17(13-6-4-5-7-13)14(18)12-15-8-11-19-3/h13,15H,4-12H2,1-3H3. The van der Waals surface area contributed by atoms with Crippen molar-refractivity contribution >= 4 is 5.91 Å². The maximum absolute atomic E-state index is 12.3. The van der Waals surface area contributed by atoms with Crippen LogP contribution < -0.4 is 5.32 Å². The van der Waals surface area contributed by atoms with Crippen LogP contribution in [0, 0.1) is 0 Å². The van der Waals surface area contributed by atoms with Crippen LogP contribution in [0.2, 0.25) is 0 Å². The number of methoxy groups -OCH3 is 1. The van der Waals surface area contributed by atoms with Crippen molar-refractivity contribution in [1.29, 1.82) is 0 Å². The Morgan fingerprint density at radius 1 is 1.26 bits per heavy atom. The molecule has 0 aromatic carbocycles. The van der Waals surface area contributed by atoms with Gasteiger partial charge in [0.25, 0.3) is 0 Å². The molecule has 1 aliphatic rings. The summed E-state index contributed by atoms with van der Waals surface area (Å²) < 4.78 is 4.97. The number of amides is 1. The second-order valence-electron chi connectivity index (χ2n) is 5.50. The zero-order valence-corrected chi connectivity index (χ0v) is 12.7. The Kier molecular flexibility index (Phi) is 8.02. The van der Waals surface area contributed by atoms with Gasteiger partial charge in [-0.3, -0.25) is 4.79 Å². The first-order chi connectivity index (χ1) is 9.15. The van der Waals surface area contributed by atoms with Gasteiger partial charge in [0.1, 0.15) is 0 Å². The number of likely N-dealkylation sites (N-methyl/N-ethyl adjacent to an activating group) is 1. The van der Waals surface area contributed by atoms with Crippen molar-refractivity contribution in [3.8, 4) is 0 Å². The average molecular weight is 271 g/mol. The van der Waals surface area contributed by atoms with E-state index in [9.17, 15) is 4.79 Å². The second-order valence-corrected chi connectivity index (χ2v) is 5.50. The number of hydrogen-bond donors (Lipinski definition) is 1. The molecule has 0 aromatic rings. The molecule has 19 heavy (non-hydrogen) atoms. The Bertz CT molecular complexity index is 253. The Balaban J connectivity index is 2.39. The summed E-state index contributed by atoms with van der Waals surface area (Å²) in [6.45, 7) is 3.57. The normalized spacial score (nSPS) is 16.2. The fraction of sp³-hybridized carbons (Fsp3) is 0.929. The van der Waals surface area contributed by atoms with Gasteiger partial charge in [0.2, 0.25) is 5.91 Å². The molecule has 0 saturated heterocycles. The van der Waals surface area contributed by atoms with Gasteiger partial charge in [-0.05, 0) is 26.9 Å². The smallest absolute Gasteiger partial charge is 0.236 e. The molecule has 112 valence electrons. The first kappa shape index (κ1) is 16.4. The third-order valence-electron chi connectivity index (χ3n) is 3.63. The van der Waals surface area contributed by atoms with Gasteiger partial charge in [-0.25, -0.2) is 0 Å². The highest BCUT2D eigenvalue weighted by Gasteiger charge is 2.25. The molecule has 0 atom stereocenters. The molecule has 1 amide bonds. The number of nitrogens with one attached hydrogen (secondary N) is 1. The zero-order valence-electron chi connectivity index (χ0n) is 12.7. The maximum atomic E-state index is 12.3. The van der Waals surface area contributed by atoms with Gasteiger partial charge in [0, 0.05) is 32.8 Å². The number of carbonyl (C=O) groups excluding carboxylic acids is 1. The van der Waals surface area contributed by atoms with Crippen molar-refractivity contribution in [1.82, 2.24) is 15.1 Å². The van der Waals surface area contributed by atoms with Gasteiger partial charge >= 0.3 is 0 Å². The predicted octanol–water partition coefficient (Wildman–Crippen LogP) is 0.555. The molecule has 0 spiro atoms. The average Bonchev–Trinajstić information content (AvgIpc) is 2.88. The summed E-state index contributed by atoms with van der Waals surface area (Å²) in [7, 11) is 5.77. The Morgan fingerprint density at radius 3 is 2.53 bits per heavy atom. The first-order valence-corrected chi connectivity index (χ1v) is 7.29. The molecule has 0 aliphatic heterocycles. The lowest BCUT2D eigenvalue weighted by molar-refractivity contribution is -0.132. The second kappa shape index (κ2) is 9.28. The zero-order chi connectivity index (χ0) is 14.1. The summed E-state index contributed by atoms with van der Waals surface area (Å²) in [4.78, 5) is 16.5. The highest BCUT2D eigenvalue weighted by molar-refractivity contribution is 5.78. The Labute approximate surface area is 117 Å². The van der Waals surface area contributed by atoms with E-state index < -0.39 is 0 Å². The van der Waals surface area contributed by atoms with Crippen molar-refractivity contribution < 1.29 is 9.53 Å². The SMILES string of the molecule is COCCNCC(=O)N(CCN(C)C)C1CCCC1. The van der Waals surface area contributed by atoms with E-state index in [1.807, 2.05) is 14.1 Å². The number of ether oxygens (including phenoxy) is 1. The molecule has 1 aliphatic carbocycles. The van der Waals surface area contributed by atoms with Crippen LogP contribution in [0.3, 0.4) is 0 Å². The topological polar surface area (TPSA) is 44.8 Å². The van der Waals surface area contributed by atoms with E-state index in [0.29, 0.717) is 19.2 Å². The largest absolute Gasteiger partial charge is 0.383 e. The van der Waals surface area contributed by atoms with Gasteiger partial charge in [0.15, 0.2) is 0 Å². The van der Waals surface area contributed by atoms with Gasteiger partial charge in [-0.2, -0.15) is 0 Å². The molecule has 0 unspecified atom stereocenters. The molecule has 1 N–H and O–H groups in total. The minimum absolute atomic E-state index is 0.227. The van der Waals surface area contributed by atoms with E-state index >= 15 is 0 Å². The van der Waals surface area contributed by atoms with Gasteiger partial charge < -0.3 is 19.9 Å². The van der Waals surface area contributed by atoms with Crippen molar-refractivity contribution in [2.45, 2.75) is 31.7 Å². The molecule has 1 fully saturated rings. The number of nitrogens with zero attached hydrogens (tertiary/aromatic N) is 2. The van der Waals surface area contributed by atoms with Gasteiger partial charge in [-0.15, -0.1) is 0 Å². The van der Waals surface area contributed by atoms with Crippen molar-refractivity contribution in [2.75, 3.05) is 54.0 Å². The van der Waals surface area contributed by atoms with Crippen LogP contribution in [0.15, 0.2) is 0 Å². The lowest BCUT2D eigenvalue weighted by Crippen LogP contribution is -2.46. The van der Waals surface area contributed by atoms with Crippen LogP contribution in [0.25, 0.3) is 0 Å². The van der Waals surface area contributed by atoms with Crippen LogP contribution in [0.4, 0.5) is 0 Å². The molecule has 1 rings (SSSR count). The van der Waals surface area contributed by atoms with Gasteiger partial charge in [-0.1, -0.05) is 12.8 Å². The monoisotopic (exact) mass is 271 g/mol. The lowest BCUT2D eigenvalue weighted by Gasteiger charge is -2.30. The fourth-order valence-electron chi connectivity index (χ4n) is 2.51. The summed E-state index contributed by atoms with van der Waals surface area (Å²) in [5.74, 6) is 0.227. The maximum Gasteiger partial charge on any atom is 0.236 e. The highest BCUT2D eigenvalue weighted by atomic mass is 16.5. The van der Waals surface area contributed by atoms with E-state index in [-0.39, 0.29) is 5.91 Å². The number of carbonyl (C=O) groups is 1. The number of hydrogen-bond acceptors (Lipinski definition) is 4. The van der Waals surface area contributed by atoms with Crippen LogP contribution in [0.1, 0.15) is 25.7 Å². The van der Waals surface area contributed by atoms with E-state index in [1.54, 1.807) is 7.11 Å². The summed E-state index contributed by atoms with van der Waals surface area (Å²) in [6, 6.07) is 0.455. The molecule has 0 heterocycles. The van der Waals surface area contributed by atoms with Crippen LogP contribution in [-0.4, -0.2) is 75.7 Å². The molecule has 0 bridgehead atoms. The predicted molar refractivity (Wildman–Crippen MR) is 77.3 cm³/mol. The van der Waals surface area contributed by atoms with Gasteiger partial charge in [0.05, 0.1) is 13.2 Å². The summed E-state index contributed by atoms with van der Waals surface area (Å²) in [5.41, 5.74) is 0. The van der Waals surface area contributed by atoms with E-state index in [0.717, 1.165) is 32.5 Å². The third kappa shape index (κ3) is 6.36. The summed E-state index contributed by atoms with van der Waals surface area (Å²) in [5, 5.41) is 3.15.